The van der Waals surface area contributed by atoms with E-state index >= 15 is 0 Å². The first-order valence-electron chi connectivity index (χ1n) is 6.70. The maximum Gasteiger partial charge on any atom is 0.261 e. The van der Waals surface area contributed by atoms with Crippen LogP contribution in [0.3, 0.4) is 0 Å². The number of rotatable bonds is 2. The number of anilines is 1. The summed E-state index contributed by atoms with van der Waals surface area (Å²) in [7, 11) is 1.63. The number of methoxy groups -OCH3 is 1. The van der Waals surface area contributed by atoms with Gasteiger partial charge in [-0.2, -0.15) is 5.10 Å². The van der Waals surface area contributed by atoms with Crippen LogP contribution in [0.4, 0.5) is 5.69 Å². The van der Waals surface area contributed by atoms with Crippen LogP contribution < -0.4 is 9.64 Å². The number of nitrogens with one attached hydrogen (secondary N) is 1. The molecule has 2 aromatic rings. The van der Waals surface area contributed by atoms with Gasteiger partial charge in [0, 0.05) is 12.2 Å². The van der Waals surface area contributed by atoms with Gasteiger partial charge in [0.25, 0.3) is 5.91 Å². The number of benzene rings is 1. The predicted octanol–water partition coefficient (Wildman–Crippen LogP) is 2.32. The first-order chi connectivity index (χ1) is 9.72. The molecule has 0 bridgehead atoms. The number of carbonyl (C=O) groups excluding carboxylic acids is 1. The van der Waals surface area contributed by atoms with E-state index in [1.54, 1.807) is 18.2 Å². The van der Waals surface area contributed by atoms with Crippen molar-refractivity contribution in [2.24, 2.45) is 0 Å². The zero-order chi connectivity index (χ0) is 14.1. The van der Waals surface area contributed by atoms with Crippen molar-refractivity contribution < 1.29 is 9.53 Å². The number of carbonyl (C=O) groups is 1. The molecule has 104 valence electrons. The van der Waals surface area contributed by atoms with Gasteiger partial charge in [-0.25, -0.2) is 0 Å². The van der Waals surface area contributed by atoms with E-state index in [1.807, 2.05) is 19.1 Å². The third-order valence-corrected chi connectivity index (χ3v) is 3.71. The molecule has 0 spiro atoms. The number of para-hydroxylation sites is 1. The summed E-state index contributed by atoms with van der Waals surface area (Å²) >= 11 is 0. The first kappa shape index (κ1) is 12.7. The van der Waals surface area contributed by atoms with Gasteiger partial charge in [0.1, 0.15) is 5.75 Å². The molecule has 1 aliphatic heterocycles. The molecule has 5 nitrogen and oxygen atoms in total. The van der Waals surface area contributed by atoms with Crippen molar-refractivity contribution in [2.75, 3.05) is 18.6 Å². The second-order valence-corrected chi connectivity index (χ2v) is 4.94. The number of nitrogens with zero attached hydrogens (tertiary/aromatic N) is 2. The molecule has 0 radical (unpaired) electrons. The summed E-state index contributed by atoms with van der Waals surface area (Å²) in [6.07, 6.45) is 3.52. The standard InChI is InChI=1S/C15H17N3O2/c1-10-12(9-16-17-10)15(19)18-8-4-6-11-5-3-7-13(20-2)14(11)18/h3,5,7,9H,4,6,8H2,1-2H3,(H,16,17). The van der Waals surface area contributed by atoms with Gasteiger partial charge < -0.3 is 9.64 Å². The van der Waals surface area contributed by atoms with Crippen molar-refractivity contribution in [3.63, 3.8) is 0 Å². The van der Waals surface area contributed by atoms with Gasteiger partial charge >= 0.3 is 0 Å². The Morgan fingerprint density at radius 1 is 1.45 bits per heavy atom. The largest absolute Gasteiger partial charge is 0.495 e. The Morgan fingerprint density at radius 3 is 3.00 bits per heavy atom. The number of ether oxygens (including phenoxy) is 1. The van der Waals surface area contributed by atoms with E-state index < -0.39 is 0 Å². The molecule has 1 amide bonds. The van der Waals surface area contributed by atoms with E-state index in [2.05, 4.69) is 16.3 Å². The van der Waals surface area contributed by atoms with Crippen LogP contribution in [0.1, 0.15) is 28.0 Å². The van der Waals surface area contributed by atoms with Crippen LogP contribution in [-0.4, -0.2) is 29.8 Å². The van der Waals surface area contributed by atoms with Gasteiger partial charge in [0.2, 0.25) is 0 Å². The van der Waals surface area contributed by atoms with Crippen molar-refractivity contribution >= 4 is 11.6 Å². The number of hydrogen-bond acceptors (Lipinski definition) is 3. The molecule has 20 heavy (non-hydrogen) atoms. The lowest BCUT2D eigenvalue weighted by Crippen LogP contribution is -2.36. The zero-order valence-corrected chi connectivity index (χ0v) is 11.6. The van der Waals surface area contributed by atoms with Crippen LogP contribution in [0.5, 0.6) is 5.75 Å². The average Bonchev–Trinajstić information content (AvgIpc) is 2.91. The van der Waals surface area contributed by atoms with E-state index in [9.17, 15) is 4.79 Å². The lowest BCUT2D eigenvalue weighted by Gasteiger charge is -2.30. The van der Waals surface area contributed by atoms with Crippen molar-refractivity contribution in [2.45, 2.75) is 19.8 Å². The van der Waals surface area contributed by atoms with E-state index in [-0.39, 0.29) is 5.91 Å². The third-order valence-electron chi connectivity index (χ3n) is 3.71. The molecule has 0 fully saturated rings. The number of amides is 1. The predicted molar refractivity (Wildman–Crippen MR) is 76.3 cm³/mol. The van der Waals surface area contributed by atoms with Crippen LogP contribution in [-0.2, 0) is 6.42 Å². The van der Waals surface area contributed by atoms with Crippen molar-refractivity contribution in [3.05, 3.63) is 41.2 Å². The van der Waals surface area contributed by atoms with Crippen LogP contribution in [0.25, 0.3) is 0 Å². The Morgan fingerprint density at radius 2 is 2.30 bits per heavy atom. The molecule has 3 rings (SSSR count). The fraction of sp³-hybridized carbons (Fsp3) is 0.333. The molecule has 5 heteroatoms. The van der Waals surface area contributed by atoms with Crippen LogP contribution in [0.2, 0.25) is 0 Å². The molecular formula is C15H17N3O2. The van der Waals surface area contributed by atoms with E-state index in [0.717, 1.165) is 35.5 Å². The zero-order valence-electron chi connectivity index (χ0n) is 11.6. The number of aromatic amines is 1. The van der Waals surface area contributed by atoms with Gasteiger partial charge in [-0.05, 0) is 31.4 Å². The monoisotopic (exact) mass is 271 g/mol. The molecule has 1 N–H and O–H groups in total. The van der Waals surface area contributed by atoms with E-state index in [1.165, 1.54) is 0 Å². The molecule has 0 saturated heterocycles. The first-order valence-corrected chi connectivity index (χ1v) is 6.70. The number of hydrogen-bond donors (Lipinski definition) is 1. The summed E-state index contributed by atoms with van der Waals surface area (Å²) < 4.78 is 5.42. The second-order valence-electron chi connectivity index (χ2n) is 4.94. The molecule has 1 aliphatic rings. The molecule has 0 aliphatic carbocycles. The highest BCUT2D eigenvalue weighted by molar-refractivity contribution is 6.08. The van der Waals surface area contributed by atoms with Crippen molar-refractivity contribution in [3.8, 4) is 5.75 Å². The van der Waals surface area contributed by atoms with Crippen LogP contribution in [0.15, 0.2) is 24.4 Å². The Hall–Kier alpha value is -2.30. The summed E-state index contributed by atoms with van der Waals surface area (Å²) in [5, 5.41) is 6.74. The lowest BCUT2D eigenvalue weighted by atomic mass is 10.00. The number of aryl methyl sites for hydroxylation is 2. The van der Waals surface area contributed by atoms with Gasteiger partial charge in [0.15, 0.2) is 0 Å². The topological polar surface area (TPSA) is 58.2 Å². The number of H-pyrrole nitrogens is 1. The number of aromatic nitrogens is 2. The lowest BCUT2D eigenvalue weighted by molar-refractivity contribution is 0.0984. The summed E-state index contributed by atoms with van der Waals surface area (Å²) in [6, 6.07) is 5.92. The Balaban J connectivity index is 2.06. The minimum atomic E-state index is -0.0262. The highest BCUT2D eigenvalue weighted by Gasteiger charge is 2.27. The molecule has 2 heterocycles. The Kier molecular flexibility index (Phi) is 3.18. The molecule has 0 atom stereocenters. The van der Waals surface area contributed by atoms with Crippen molar-refractivity contribution in [1.82, 2.24) is 10.2 Å². The number of fused-ring (bicyclic) bond motifs is 1. The summed E-state index contributed by atoms with van der Waals surface area (Å²) in [4.78, 5) is 14.5. The van der Waals surface area contributed by atoms with Gasteiger partial charge in [-0.3, -0.25) is 9.89 Å². The summed E-state index contributed by atoms with van der Waals surface area (Å²) in [5.41, 5.74) is 3.46. The maximum absolute atomic E-state index is 12.7. The molecule has 0 unspecified atom stereocenters. The molecule has 0 saturated carbocycles. The fourth-order valence-electron chi connectivity index (χ4n) is 2.69. The summed E-state index contributed by atoms with van der Waals surface area (Å²) in [5.74, 6) is 0.721. The SMILES string of the molecule is COc1cccc2c1N(C(=O)c1cn[nH]c1C)CCC2. The Labute approximate surface area is 117 Å². The minimum absolute atomic E-state index is 0.0262. The average molecular weight is 271 g/mol. The van der Waals surface area contributed by atoms with Gasteiger partial charge in [-0.15, -0.1) is 0 Å². The van der Waals surface area contributed by atoms with Gasteiger partial charge in [0.05, 0.1) is 24.6 Å². The van der Waals surface area contributed by atoms with E-state index in [4.69, 9.17) is 4.74 Å². The summed E-state index contributed by atoms with van der Waals surface area (Å²) in [6.45, 7) is 2.56. The molecule has 1 aromatic heterocycles. The van der Waals surface area contributed by atoms with Crippen LogP contribution >= 0.6 is 0 Å². The normalized spacial score (nSPS) is 14.0. The van der Waals surface area contributed by atoms with Crippen molar-refractivity contribution in [1.29, 1.82) is 0 Å². The van der Waals surface area contributed by atoms with Gasteiger partial charge in [-0.1, -0.05) is 12.1 Å². The fourth-order valence-corrected chi connectivity index (χ4v) is 2.69. The Bertz CT molecular complexity index is 634. The van der Waals surface area contributed by atoms with E-state index in [0.29, 0.717) is 12.1 Å². The molecule has 1 aromatic carbocycles. The highest BCUT2D eigenvalue weighted by atomic mass is 16.5. The highest BCUT2D eigenvalue weighted by Crippen LogP contribution is 2.36. The minimum Gasteiger partial charge on any atom is -0.495 e. The third kappa shape index (κ3) is 1.95. The van der Waals surface area contributed by atoms with Crippen LogP contribution in [0, 0.1) is 6.92 Å². The quantitative estimate of drug-likeness (QED) is 0.912. The second kappa shape index (κ2) is 5.00. The maximum atomic E-state index is 12.7. The smallest absolute Gasteiger partial charge is 0.261 e. The molecular weight excluding hydrogens is 254 g/mol.